The quantitative estimate of drug-likeness (QED) is 0.364. The molecule has 0 radical (unpaired) electrons. The third kappa shape index (κ3) is 4.60. The number of halogens is 6. The van der Waals surface area contributed by atoms with E-state index < -0.39 is 38.8 Å². The highest BCUT2D eigenvalue weighted by molar-refractivity contribution is 8.00. The number of aromatic nitrogens is 2. The van der Waals surface area contributed by atoms with Gasteiger partial charge in [-0.25, -0.2) is 8.89 Å². The van der Waals surface area contributed by atoms with Gasteiger partial charge in [0.2, 0.25) is 0 Å². The smallest absolute Gasteiger partial charge is 0.270 e. The highest BCUT2D eigenvalue weighted by Gasteiger charge is 2.38. The Balaban J connectivity index is 2.34. The molecule has 0 amide bonds. The van der Waals surface area contributed by atoms with Crippen molar-refractivity contribution < 1.29 is 17.4 Å². The average molecular weight is 516 g/mol. The van der Waals surface area contributed by atoms with Crippen LogP contribution in [-0.2, 0) is 11.0 Å². The lowest BCUT2D eigenvalue weighted by molar-refractivity contribution is -0.0328. The number of alkyl halides is 3. The van der Waals surface area contributed by atoms with Gasteiger partial charge < -0.3 is 0 Å². The maximum absolute atomic E-state index is 13.3. The van der Waals surface area contributed by atoms with Crippen LogP contribution in [0.1, 0.15) is 19.5 Å². The predicted octanol–water partition coefficient (Wildman–Crippen LogP) is 6.14. The standard InChI is InChI=1S/C17H12Cl3F3N4OS2/c1-8-6-26(30(28)7-9(8)2)16-15(29-17(21,22)23)13(5-24)25-27(16)14-11(19)3-10(18)4-12(14)20/h3-4H,6-7H2,1-2H3. The molecule has 0 spiro atoms. The van der Waals surface area contributed by atoms with Crippen molar-refractivity contribution in [2.75, 3.05) is 16.6 Å². The molecule has 1 aliphatic heterocycles. The second kappa shape index (κ2) is 8.63. The minimum Gasteiger partial charge on any atom is -0.270 e. The minimum atomic E-state index is -4.71. The molecule has 0 fully saturated rings. The van der Waals surface area contributed by atoms with Crippen molar-refractivity contribution >= 4 is 63.4 Å². The molecule has 1 unspecified atom stereocenters. The van der Waals surface area contributed by atoms with Gasteiger partial charge in [0.25, 0.3) is 0 Å². The minimum absolute atomic E-state index is 0.00975. The third-order valence-corrected chi connectivity index (χ3v) is 7.35. The number of hydrogen-bond acceptors (Lipinski definition) is 4. The zero-order valence-corrected chi connectivity index (χ0v) is 19.3. The van der Waals surface area contributed by atoms with Crippen molar-refractivity contribution in [3.63, 3.8) is 0 Å². The van der Waals surface area contributed by atoms with Crippen LogP contribution in [0.15, 0.2) is 28.2 Å². The summed E-state index contributed by atoms with van der Waals surface area (Å²) in [7, 11) is -1.70. The van der Waals surface area contributed by atoms with E-state index >= 15 is 0 Å². The van der Waals surface area contributed by atoms with Gasteiger partial charge in [-0.1, -0.05) is 45.9 Å². The number of thioether (sulfide) groups is 1. The van der Waals surface area contributed by atoms with E-state index in [1.807, 2.05) is 0 Å². The van der Waals surface area contributed by atoms with Gasteiger partial charge in [0.1, 0.15) is 22.7 Å². The van der Waals surface area contributed by atoms with Gasteiger partial charge >= 0.3 is 5.51 Å². The van der Waals surface area contributed by atoms with Gasteiger partial charge in [-0.05, 0) is 37.7 Å². The van der Waals surface area contributed by atoms with Crippen LogP contribution in [0, 0.1) is 11.3 Å². The van der Waals surface area contributed by atoms with Crippen molar-refractivity contribution in [3.8, 4) is 11.8 Å². The van der Waals surface area contributed by atoms with Crippen LogP contribution < -0.4 is 4.31 Å². The van der Waals surface area contributed by atoms with Crippen LogP contribution in [0.2, 0.25) is 15.1 Å². The van der Waals surface area contributed by atoms with Gasteiger partial charge in [-0.2, -0.15) is 23.5 Å². The lowest BCUT2D eigenvalue weighted by Gasteiger charge is -2.30. The Morgan fingerprint density at radius 3 is 2.33 bits per heavy atom. The molecule has 1 aromatic heterocycles. The summed E-state index contributed by atoms with van der Waals surface area (Å²) in [6, 6.07) is 4.37. The van der Waals surface area contributed by atoms with Crippen molar-refractivity contribution in [2.45, 2.75) is 24.3 Å². The number of nitrogens with zero attached hydrogens (tertiary/aromatic N) is 4. The van der Waals surface area contributed by atoms with E-state index in [0.717, 1.165) is 15.8 Å². The number of benzene rings is 1. The van der Waals surface area contributed by atoms with E-state index in [1.54, 1.807) is 19.9 Å². The zero-order chi connectivity index (χ0) is 22.4. The molecule has 13 heteroatoms. The van der Waals surface area contributed by atoms with Crippen LogP contribution >= 0.6 is 46.6 Å². The molecule has 1 aromatic carbocycles. The fourth-order valence-corrected chi connectivity index (χ4v) is 5.98. The summed E-state index contributed by atoms with van der Waals surface area (Å²) < 4.78 is 55.1. The first-order chi connectivity index (χ1) is 13.9. The molecule has 160 valence electrons. The van der Waals surface area contributed by atoms with E-state index in [9.17, 15) is 22.6 Å². The zero-order valence-electron chi connectivity index (χ0n) is 15.4. The third-order valence-electron chi connectivity index (χ3n) is 4.27. The molecule has 1 aliphatic rings. The van der Waals surface area contributed by atoms with Crippen molar-refractivity contribution in [3.05, 3.63) is 44.0 Å². The fourth-order valence-electron chi connectivity index (χ4n) is 2.77. The Kier molecular flexibility index (Phi) is 6.70. The van der Waals surface area contributed by atoms with Gasteiger partial charge in [0.05, 0.1) is 27.2 Å². The highest BCUT2D eigenvalue weighted by atomic mass is 35.5. The first kappa shape index (κ1) is 23.3. The second-order valence-electron chi connectivity index (χ2n) is 6.35. The number of rotatable bonds is 3. The molecular formula is C17H12Cl3F3N4OS2. The molecule has 0 bridgehead atoms. The van der Waals surface area contributed by atoms with Crippen LogP contribution in [0.3, 0.4) is 0 Å². The summed E-state index contributed by atoms with van der Waals surface area (Å²) >= 11 is 18.0. The Morgan fingerprint density at radius 2 is 1.80 bits per heavy atom. The van der Waals surface area contributed by atoms with Gasteiger partial charge in [0, 0.05) is 5.02 Å². The lowest BCUT2D eigenvalue weighted by Crippen LogP contribution is -2.36. The summed E-state index contributed by atoms with van der Waals surface area (Å²) in [5, 5.41) is 13.7. The summed E-state index contributed by atoms with van der Waals surface area (Å²) in [4.78, 5) is -0.479. The topological polar surface area (TPSA) is 61.9 Å². The van der Waals surface area contributed by atoms with Gasteiger partial charge in [0.15, 0.2) is 11.5 Å². The lowest BCUT2D eigenvalue weighted by atomic mass is 10.2. The molecule has 30 heavy (non-hydrogen) atoms. The first-order valence-corrected chi connectivity index (χ1v) is 11.4. The summed E-state index contributed by atoms with van der Waals surface area (Å²) in [6.07, 6.45) is 0. The van der Waals surface area contributed by atoms with Crippen LogP contribution in [0.25, 0.3) is 5.69 Å². The number of nitriles is 1. The summed E-state index contributed by atoms with van der Waals surface area (Å²) in [6.45, 7) is 3.69. The van der Waals surface area contributed by atoms with E-state index in [-0.39, 0.29) is 38.9 Å². The molecule has 0 saturated heterocycles. The maximum Gasteiger partial charge on any atom is 0.446 e. The van der Waals surface area contributed by atoms with Gasteiger partial charge in [-0.3, -0.25) is 4.31 Å². The van der Waals surface area contributed by atoms with Crippen LogP contribution in [0.4, 0.5) is 19.0 Å². The van der Waals surface area contributed by atoms with Gasteiger partial charge in [-0.15, -0.1) is 0 Å². The molecule has 5 nitrogen and oxygen atoms in total. The second-order valence-corrected chi connectivity index (χ2v) is 10.1. The normalized spacial score (nSPS) is 17.4. The van der Waals surface area contributed by atoms with Crippen LogP contribution in [0.5, 0.6) is 0 Å². The highest BCUT2D eigenvalue weighted by Crippen LogP contribution is 2.46. The molecule has 2 heterocycles. The molecule has 0 N–H and O–H groups in total. The van der Waals surface area contributed by atoms with Crippen molar-refractivity contribution in [1.82, 2.24) is 9.78 Å². The molecule has 0 aliphatic carbocycles. The van der Waals surface area contributed by atoms with Crippen molar-refractivity contribution in [2.24, 2.45) is 0 Å². The summed E-state index contributed by atoms with van der Waals surface area (Å²) in [5.41, 5.74) is -3.44. The number of hydrogen-bond donors (Lipinski definition) is 0. The van der Waals surface area contributed by atoms with Crippen molar-refractivity contribution in [1.29, 1.82) is 5.26 Å². The SMILES string of the molecule is CC1=C(C)CS(=O)N(c2c(SC(F)(F)F)c(C#N)nn2-c2c(Cl)cc(Cl)cc2Cl)C1. The molecule has 2 aromatic rings. The number of anilines is 1. The van der Waals surface area contributed by atoms with E-state index in [4.69, 9.17) is 34.8 Å². The predicted molar refractivity (Wildman–Crippen MR) is 114 cm³/mol. The molecule has 1 atom stereocenters. The maximum atomic E-state index is 13.3. The molecular weight excluding hydrogens is 504 g/mol. The van der Waals surface area contributed by atoms with E-state index in [2.05, 4.69) is 5.10 Å². The summed E-state index contributed by atoms with van der Waals surface area (Å²) in [5.74, 6) is -0.0397. The Labute approximate surface area is 192 Å². The van der Waals surface area contributed by atoms with E-state index in [0.29, 0.717) is 0 Å². The molecule has 3 rings (SSSR count). The fraction of sp³-hybridized carbons (Fsp3) is 0.294. The Morgan fingerprint density at radius 1 is 1.20 bits per heavy atom. The first-order valence-electron chi connectivity index (χ1n) is 8.18. The van der Waals surface area contributed by atoms with Crippen LogP contribution in [-0.4, -0.2) is 31.8 Å². The Bertz CT molecular complexity index is 1100. The molecule has 0 saturated carbocycles. The largest absolute Gasteiger partial charge is 0.446 e. The monoisotopic (exact) mass is 514 g/mol. The average Bonchev–Trinajstić information content (AvgIpc) is 2.93. The Hall–Kier alpha value is -1.38. The van der Waals surface area contributed by atoms with E-state index in [1.165, 1.54) is 16.4 Å².